The molecule has 0 unspecified atom stereocenters. The van der Waals surface area contributed by atoms with Crippen LogP contribution in [-0.2, 0) is 0 Å². The molecule has 1 aliphatic rings. The number of fused-ring (bicyclic) bond motifs is 1. The van der Waals surface area contributed by atoms with E-state index in [0.717, 1.165) is 22.9 Å². The fraction of sp³-hybridized carbons (Fsp3) is 0.0667. The van der Waals surface area contributed by atoms with E-state index in [1.807, 2.05) is 30.5 Å². The van der Waals surface area contributed by atoms with Crippen LogP contribution in [-0.4, -0.2) is 16.3 Å². The molecule has 0 aliphatic carbocycles. The number of benzene rings is 1. The van der Waals surface area contributed by atoms with Gasteiger partial charge in [-0.05, 0) is 17.7 Å². The Morgan fingerprint density at radius 3 is 3.11 bits per heavy atom. The Morgan fingerprint density at radius 1 is 1.32 bits per heavy atom. The zero-order valence-electron chi connectivity index (χ0n) is 10.0. The van der Waals surface area contributed by atoms with Crippen LogP contribution in [0.5, 0.6) is 5.75 Å². The first-order valence-corrected chi connectivity index (χ1v) is 6.30. The Hall–Kier alpha value is -2.13. The average Bonchev–Trinajstić information content (AvgIpc) is 2.72. The minimum absolute atomic E-state index is 0.0164. The van der Waals surface area contributed by atoms with E-state index in [9.17, 15) is 5.11 Å². The third-order valence-corrected chi connectivity index (χ3v) is 3.28. The Morgan fingerprint density at radius 2 is 2.21 bits per heavy atom. The maximum absolute atomic E-state index is 9.98. The Bertz CT molecular complexity index is 732. The molecule has 2 heterocycles. The second-order valence-corrected chi connectivity index (χ2v) is 4.62. The topological polar surface area (TPSA) is 45.5 Å². The second-order valence-electron chi connectivity index (χ2n) is 4.21. The maximum atomic E-state index is 9.98. The highest BCUT2D eigenvalue weighted by Gasteiger charge is 2.13. The van der Waals surface area contributed by atoms with Crippen molar-refractivity contribution < 1.29 is 5.11 Å². The van der Waals surface area contributed by atoms with Gasteiger partial charge in [0.1, 0.15) is 5.52 Å². The van der Waals surface area contributed by atoms with Crippen molar-refractivity contribution >= 4 is 34.3 Å². The molecule has 2 aromatic rings. The van der Waals surface area contributed by atoms with Crippen molar-refractivity contribution in [1.82, 2.24) is 4.98 Å². The molecule has 0 radical (unpaired) electrons. The van der Waals surface area contributed by atoms with Crippen LogP contribution in [0.1, 0.15) is 12.0 Å². The fourth-order valence-corrected chi connectivity index (χ4v) is 2.29. The summed E-state index contributed by atoms with van der Waals surface area (Å²) in [5, 5.41) is 11.1. The molecule has 0 saturated carbocycles. The molecule has 0 fully saturated rings. The SMILES string of the molecule is Oc1c(Cl)cc(C2=CN=CCC=C2)c2cccnc12. The van der Waals surface area contributed by atoms with Crippen molar-refractivity contribution in [2.45, 2.75) is 6.42 Å². The molecule has 1 aromatic heterocycles. The Labute approximate surface area is 115 Å². The molecule has 0 saturated heterocycles. The number of aromatic hydroxyl groups is 1. The number of rotatable bonds is 1. The molecular formula is C15H11ClN2O. The Kier molecular flexibility index (Phi) is 3.05. The highest BCUT2D eigenvalue weighted by molar-refractivity contribution is 6.33. The lowest BCUT2D eigenvalue weighted by Gasteiger charge is -2.09. The van der Waals surface area contributed by atoms with Gasteiger partial charge in [-0.1, -0.05) is 29.8 Å². The van der Waals surface area contributed by atoms with Gasteiger partial charge in [0.2, 0.25) is 0 Å². The quantitative estimate of drug-likeness (QED) is 0.852. The number of pyridine rings is 1. The van der Waals surface area contributed by atoms with E-state index in [0.29, 0.717) is 10.5 Å². The molecule has 0 bridgehead atoms. The molecule has 94 valence electrons. The van der Waals surface area contributed by atoms with Gasteiger partial charge in [0.05, 0.1) is 5.02 Å². The van der Waals surface area contributed by atoms with Crippen molar-refractivity contribution in [3.8, 4) is 5.75 Å². The first kappa shape index (κ1) is 11.9. The summed E-state index contributed by atoms with van der Waals surface area (Å²) < 4.78 is 0. The Balaban J connectivity index is 2.32. The smallest absolute Gasteiger partial charge is 0.160 e. The molecule has 4 heteroatoms. The number of aliphatic imine (C=N–C) groups is 1. The molecule has 19 heavy (non-hydrogen) atoms. The van der Waals surface area contributed by atoms with Gasteiger partial charge in [0, 0.05) is 36.0 Å². The van der Waals surface area contributed by atoms with Crippen LogP contribution < -0.4 is 0 Å². The molecular weight excluding hydrogens is 260 g/mol. The number of phenols is 1. The second kappa shape index (κ2) is 4.86. The summed E-state index contributed by atoms with van der Waals surface area (Å²) in [5.74, 6) is 0.0164. The minimum atomic E-state index is 0.0164. The molecule has 3 nitrogen and oxygen atoms in total. The number of halogens is 1. The van der Waals surface area contributed by atoms with E-state index in [2.05, 4.69) is 9.98 Å². The van der Waals surface area contributed by atoms with Crippen LogP contribution in [0.25, 0.3) is 16.5 Å². The van der Waals surface area contributed by atoms with Crippen LogP contribution in [0.2, 0.25) is 5.02 Å². The lowest BCUT2D eigenvalue weighted by molar-refractivity contribution is 0.480. The summed E-state index contributed by atoms with van der Waals surface area (Å²) >= 11 is 6.07. The summed E-state index contributed by atoms with van der Waals surface area (Å²) in [6.45, 7) is 0. The number of aromatic nitrogens is 1. The summed E-state index contributed by atoms with van der Waals surface area (Å²) in [4.78, 5) is 8.41. The molecule has 1 aliphatic heterocycles. The van der Waals surface area contributed by atoms with E-state index in [1.54, 1.807) is 18.5 Å². The van der Waals surface area contributed by atoms with Crippen molar-refractivity contribution in [3.63, 3.8) is 0 Å². The van der Waals surface area contributed by atoms with E-state index in [4.69, 9.17) is 11.6 Å². The van der Waals surface area contributed by atoms with Gasteiger partial charge >= 0.3 is 0 Å². The molecule has 0 spiro atoms. The van der Waals surface area contributed by atoms with Gasteiger partial charge in [-0.25, -0.2) is 0 Å². The number of nitrogens with zero attached hydrogens (tertiary/aromatic N) is 2. The first-order chi connectivity index (χ1) is 9.27. The van der Waals surface area contributed by atoms with Gasteiger partial charge in [0.15, 0.2) is 5.75 Å². The summed E-state index contributed by atoms with van der Waals surface area (Å²) in [7, 11) is 0. The highest BCUT2D eigenvalue weighted by Crippen LogP contribution is 2.36. The van der Waals surface area contributed by atoms with E-state index >= 15 is 0 Å². The molecule has 0 atom stereocenters. The monoisotopic (exact) mass is 270 g/mol. The normalized spacial score (nSPS) is 14.5. The van der Waals surface area contributed by atoms with Crippen LogP contribution >= 0.6 is 11.6 Å². The predicted octanol–water partition coefficient (Wildman–Crippen LogP) is 3.97. The average molecular weight is 271 g/mol. The third-order valence-electron chi connectivity index (χ3n) is 2.99. The lowest BCUT2D eigenvalue weighted by Crippen LogP contribution is -1.88. The molecule has 0 amide bonds. The maximum Gasteiger partial charge on any atom is 0.160 e. The van der Waals surface area contributed by atoms with Crippen molar-refractivity contribution in [2.75, 3.05) is 0 Å². The largest absolute Gasteiger partial charge is 0.504 e. The fourth-order valence-electron chi connectivity index (χ4n) is 2.09. The summed E-state index contributed by atoms with van der Waals surface area (Å²) in [6, 6.07) is 5.50. The van der Waals surface area contributed by atoms with Crippen LogP contribution in [0.15, 0.2) is 47.7 Å². The van der Waals surface area contributed by atoms with Gasteiger partial charge < -0.3 is 5.11 Å². The van der Waals surface area contributed by atoms with Crippen molar-refractivity contribution in [2.24, 2.45) is 4.99 Å². The zero-order valence-corrected chi connectivity index (χ0v) is 10.8. The van der Waals surface area contributed by atoms with Crippen molar-refractivity contribution in [3.05, 3.63) is 53.3 Å². The van der Waals surface area contributed by atoms with E-state index in [1.165, 1.54) is 0 Å². The van der Waals surface area contributed by atoms with Gasteiger partial charge in [-0.2, -0.15) is 0 Å². The van der Waals surface area contributed by atoms with Gasteiger partial charge in [-0.15, -0.1) is 0 Å². The van der Waals surface area contributed by atoms with Crippen LogP contribution in [0.4, 0.5) is 0 Å². The van der Waals surface area contributed by atoms with Crippen LogP contribution in [0, 0.1) is 0 Å². The number of phenolic OH excluding ortho intramolecular Hbond substituents is 1. The highest BCUT2D eigenvalue weighted by atomic mass is 35.5. The minimum Gasteiger partial charge on any atom is -0.504 e. The number of allylic oxidation sites excluding steroid dienone is 3. The standard InChI is InChI=1S/C15H11ClN2O/c16-13-8-12(10-4-1-2-6-17-9-10)11-5-3-7-18-14(11)15(13)19/h1,3-9,19H,2H2. The van der Waals surface area contributed by atoms with E-state index in [-0.39, 0.29) is 5.75 Å². The first-order valence-electron chi connectivity index (χ1n) is 5.92. The summed E-state index contributed by atoms with van der Waals surface area (Å²) in [5.41, 5.74) is 2.38. The number of hydrogen-bond donors (Lipinski definition) is 1. The lowest BCUT2D eigenvalue weighted by atomic mass is 10.0. The van der Waals surface area contributed by atoms with Gasteiger partial charge in [0.25, 0.3) is 0 Å². The zero-order chi connectivity index (χ0) is 13.2. The molecule has 3 rings (SSSR count). The van der Waals surface area contributed by atoms with E-state index < -0.39 is 0 Å². The summed E-state index contributed by atoms with van der Waals surface area (Å²) in [6.07, 6.45) is 10.1. The van der Waals surface area contributed by atoms with Gasteiger partial charge in [-0.3, -0.25) is 9.98 Å². The molecule has 1 aromatic carbocycles. The third kappa shape index (κ3) is 2.13. The molecule has 1 N–H and O–H groups in total. The van der Waals surface area contributed by atoms with Crippen LogP contribution in [0.3, 0.4) is 0 Å². The number of hydrogen-bond acceptors (Lipinski definition) is 3. The van der Waals surface area contributed by atoms with Crippen molar-refractivity contribution in [1.29, 1.82) is 0 Å². The predicted molar refractivity (Wildman–Crippen MR) is 78.6 cm³/mol.